The highest BCUT2D eigenvalue weighted by Gasteiger charge is 2.04. The molecule has 1 heterocycles. The highest BCUT2D eigenvalue weighted by atomic mass is 16.5. The van der Waals surface area contributed by atoms with E-state index in [1.807, 2.05) is 41.2 Å². The summed E-state index contributed by atoms with van der Waals surface area (Å²) in [4.78, 5) is 0. The Kier molecular flexibility index (Phi) is 2.83. The van der Waals surface area contributed by atoms with Crippen molar-refractivity contribution in [1.29, 1.82) is 0 Å². The van der Waals surface area contributed by atoms with E-state index in [-0.39, 0.29) is 0 Å². The van der Waals surface area contributed by atoms with Gasteiger partial charge in [0.15, 0.2) is 0 Å². The minimum atomic E-state index is 0.676. The molecule has 2 aromatic carbocycles. The molecule has 0 aliphatic carbocycles. The molecule has 1 aromatic heterocycles. The number of anilines is 1. The van der Waals surface area contributed by atoms with Crippen LogP contribution in [0.2, 0.25) is 0 Å². The van der Waals surface area contributed by atoms with Crippen molar-refractivity contribution in [2.45, 2.75) is 6.54 Å². The third-order valence-electron chi connectivity index (χ3n) is 3.11. The van der Waals surface area contributed by atoms with E-state index in [1.54, 1.807) is 7.11 Å². The normalized spacial score (nSPS) is 10.8. The predicted molar refractivity (Wildman–Crippen MR) is 76.2 cm³/mol. The van der Waals surface area contributed by atoms with Crippen LogP contribution in [-0.2, 0) is 6.54 Å². The Balaban J connectivity index is 1.99. The Morgan fingerprint density at radius 1 is 1.21 bits per heavy atom. The van der Waals surface area contributed by atoms with Crippen LogP contribution in [0.5, 0.6) is 5.75 Å². The second-order valence-corrected chi connectivity index (χ2v) is 4.48. The number of para-hydroxylation sites is 1. The van der Waals surface area contributed by atoms with Gasteiger partial charge in [-0.1, -0.05) is 18.2 Å². The molecule has 0 bridgehead atoms. The summed E-state index contributed by atoms with van der Waals surface area (Å²) in [6.45, 7) is 0.676. The molecule has 0 saturated carbocycles. The van der Waals surface area contributed by atoms with Gasteiger partial charge in [-0.3, -0.25) is 4.68 Å². The van der Waals surface area contributed by atoms with E-state index in [0.717, 1.165) is 22.2 Å². The number of aromatic nitrogens is 2. The van der Waals surface area contributed by atoms with Gasteiger partial charge in [0.05, 0.1) is 25.4 Å². The quantitative estimate of drug-likeness (QED) is 0.730. The fourth-order valence-electron chi connectivity index (χ4n) is 2.22. The summed E-state index contributed by atoms with van der Waals surface area (Å²) in [6, 6.07) is 13.9. The van der Waals surface area contributed by atoms with Crippen LogP contribution in [0.3, 0.4) is 0 Å². The minimum absolute atomic E-state index is 0.676. The van der Waals surface area contributed by atoms with Gasteiger partial charge in [-0.25, -0.2) is 0 Å². The number of fused-ring (bicyclic) bond motifs is 1. The second kappa shape index (κ2) is 4.65. The van der Waals surface area contributed by atoms with E-state index in [2.05, 4.69) is 17.2 Å². The zero-order chi connectivity index (χ0) is 13.2. The molecule has 96 valence electrons. The van der Waals surface area contributed by atoms with Crippen molar-refractivity contribution in [2.75, 3.05) is 12.8 Å². The van der Waals surface area contributed by atoms with Crippen LogP contribution in [0.4, 0.5) is 5.69 Å². The first-order valence-electron chi connectivity index (χ1n) is 6.10. The van der Waals surface area contributed by atoms with Gasteiger partial charge in [-0.05, 0) is 23.8 Å². The molecule has 3 aromatic rings. The van der Waals surface area contributed by atoms with Crippen LogP contribution in [0.1, 0.15) is 5.56 Å². The number of ether oxygens (including phenoxy) is 1. The molecule has 0 aliphatic heterocycles. The molecule has 4 heteroatoms. The summed E-state index contributed by atoms with van der Waals surface area (Å²) in [7, 11) is 1.64. The van der Waals surface area contributed by atoms with Crippen LogP contribution in [0.25, 0.3) is 10.9 Å². The lowest BCUT2D eigenvalue weighted by Crippen LogP contribution is -2.02. The standard InChI is InChI=1S/C15H15N3O/c1-19-14-7-11(6-13(16)8-14)10-18-15-5-3-2-4-12(15)9-17-18/h2-9H,10,16H2,1H3. The lowest BCUT2D eigenvalue weighted by Gasteiger charge is -2.08. The van der Waals surface area contributed by atoms with Crippen molar-refractivity contribution < 1.29 is 4.74 Å². The van der Waals surface area contributed by atoms with Gasteiger partial charge in [-0.2, -0.15) is 5.10 Å². The predicted octanol–water partition coefficient (Wildman–Crippen LogP) is 2.68. The monoisotopic (exact) mass is 253 g/mol. The SMILES string of the molecule is COc1cc(N)cc(Cn2ncc3ccccc32)c1. The van der Waals surface area contributed by atoms with Crippen molar-refractivity contribution in [3.63, 3.8) is 0 Å². The van der Waals surface area contributed by atoms with E-state index in [4.69, 9.17) is 10.5 Å². The lowest BCUT2D eigenvalue weighted by molar-refractivity contribution is 0.414. The van der Waals surface area contributed by atoms with Crippen LogP contribution in [-0.4, -0.2) is 16.9 Å². The Morgan fingerprint density at radius 2 is 2.05 bits per heavy atom. The Bertz CT molecular complexity index is 718. The molecule has 0 unspecified atom stereocenters. The average molecular weight is 253 g/mol. The topological polar surface area (TPSA) is 53.1 Å². The van der Waals surface area contributed by atoms with Crippen molar-refractivity contribution in [2.24, 2.45) is 0 Å². The summed E-state index contributed by atoms with van der Waals surface area (Å²) in [5.74, 6) is 0.770. The smallest absolute Gasteiger partial charge is 0.121 e. The van der Waals surface area contributed by atoms with Gasteiger partial charge < -0.3 is 10.5 Å². The Labute approximate surface area is 111 Å². The van der Waals surface area contributed by atoms with Gasteiger partial charge >= 0.3 is 0 Å². The van der Waals surface area contributed by atoms with E-state index in [0.29, 0.717) is 12.2 Å². The van der Waals surface area contributed by atoms with Crippen molar-refractivity contribution in [1.82, 2.24) is 9.78 Å². The fourth-order valence-corrected chi connectivity index (χ4v) is 2.22. The van der Waals surface area contributed by atoms with Crippen molar-refractivity contribution >= 4 is 16.6 Å². The molecular weight excluding hydrogens is 238 g/mol. The number of nitrogens with two attached hydrogens (primary N) is 1. The van der Waals surface area contributed by atoms with E-state index in [1.165, 1.54) is 0 Å². The minimum Gasteiger partial charge on any atom is -0.497 e. The number of rotatable bonds is 3. The van der Waals surface area contributed by atoms with Crippen LogP contribution in [0.15, 0.2) is 48.7 Å². The molecular formula is C15H15N3O. The molecule has 0 saturated heterocycles. The van der Waals surface area contributed by atoms with Gasteiger partial charge in [0.2, 0.25) is 0 Å². The summed E-state index contributed by atoms with van der Waals surface area (Å²) < 4.78 is 7.19. The highest BCUT2D eigenvalue weighted by Crippen LogP contribution is 2.20. The number of methoxy groups -OCH3 is 1. The van der Waals surface area contributed by atoms with E-state index < -0.39 is 0 Å². The first-order chi connectivity index (χ1) is 9.26. The Morgan fingerprint density at radius 3 is 2.89 bits per heavy atom. The van der Waals surface area contributed by atoms with E-state index >= 15 is 0 Å². The Hall–Kier alpha value is -2.49. The third-order valence-corrected chi connectivity index (χ3v) is 3.11. The van der Waals surface area contributed by atoms with Gasteiger partial charge in [0.25, 0.3) is 0 Å². The third kappa shape index (κ3) is 2.25. The summed E-state index contributed by atoms with van der Waals surface area (Å²) in [6.07, 6.45) is 1.87. The lowest BCUT2D eigenvalue weighted by atomic mass is 10.2. The largest absolute Gasteiger partial charge is 0.497 e. The van der Waals surface area contributed by atoms with Gasteiger partial charge in [0, 0.05) is 17.1 Å². The number of hydrogen-bond donors (Lipinski definition) is 1. The van der Waals surface area contributed by atoms with Crippen molar-refractivity contribution in [3.05, 3.63) is 54.2 Å². The summed E-state index contributed by atoms with van der Waals surface area (Å²) >= 11 is 0. The fraction of sp³-hybridized carbons (Fsp3) is 0.133. The van der Waals surface area contributed by atoms with Crippen LogP contribution < -0.4 is 10.5 Å². The van der Waals surface area contributed by atoms with Crippen LogP contribution >= 0.6 is 0 Å². The van der Waals surface area contributed by atoms with Crippen molar-refractivity contribution in [3.8, 4) is 5.75 Å². The first kappa shape index (κ1) is 11.6. The molecule has 2 N–H and O–H groups in total. The zero-order valence-corrected chi connectivity index (χ0v) is 10.7. The average Bonchev–Trinajstić information content (AvgIpc) is 2.82. The summed E-state index contributed by atoms with van der Waals surface area (Å²) in [5, 5.41) is 5.55. The second-order valence-electron chi connectivity index (χ2n) is 4.48. The van der Waals surface area contributed by atoms with Crippen LogP contribution in [0, 0.1) is 0 Å². The molecule has 4 nitrogen and oxygen atoms in total. The maximum absolute atomic E-state index is 5.87. The molecule has 19 heavy (non-hydrogen) atoms. The molecule has 3 rings (SSSR count). The number of benzene rings is 2. The molecule has 0 radical (unpaired) electrons. The number of hydrogen-bond acceptors (Lipinski definition) is 3. The molecule has 0 spiro atoms. The van der Waals surface area contributed by atoms with E-state index in [9.17, 15) is 0 Å². The molecule has 0 atom stereocenters. The summed E-state index contributed by atoms with van der Waals surface area (Å²) in [5.41, 5.74) is 8.76. The molecule has 0 aliphatic rings. The zero-order valence-electron chi connectivity index (χ0n) is 10.7. The first-order valence-corrected chi connectivity index (χ1v) is 6.10. The maximum Gasteiger partial charge on any atom is 0.121 e. The number of nitrogen functional groups attached to an aromatic ring is 1. The maximum atomic E-state index is 5.87. The molecule has 0 fully saturated rings. The van der Waals surface area contributed by atoms with Gasteiger partial charge in [-0.15, -0.1) is 0 Å². The van der Waals surface area contributed by atoms with Gasteiger partial charge in [0.1, 0.15) is 5.75 Å². The number of nitrogens with zero attached hydrogens (tertiary/aromatic N) is 2. The molecule has 0 amide bonds. The highest BCUT2D eigenvalue weighted by molar-refractivity contribution is 5.78.